The van der Waals surface area contributed by atoms with Crippen molar-refractivity contribution in [2.75, 3.05) is 26.3 Å². The quantitative estimate of drug-likeness (QED) is 0.670. The molecule has 0 unspecified atom stereocenters. The van der Waals surface area contributed by atoms with Gasteiger partial charge in [-0.15, -0.1) is 0 Å². The number of aromatic hydroxyl groups is 1. The van der Waals surface area contributed by atoms with E-state index in [-0.39, 0.29) is 11.4 Å². The van der Waals surface area contributed by atoms with E-state index < -0.39 is 5.91 Å². The number of pyridine rings is 2. The number of ether oxygens (including phenoxy) is 1. The fraction of sp³-hybridized carbons (Fsp3) is 0.286. The number of carbonyl (C=O) groups is 1. The molecule has 0 aliphatic carbocycles. The Kier molecular flexibility index (Phi) is 5.89. The summed E-state index contributed by atoms with van der Waals surface area (Å²) in [4.78, 5) is 23.3. The smallest absolute Gasteiger partial charge is 0.274 e. The summed E-state index contributed by atoms with van der Waals surface area (Å²) in [6.07, 6.45) is 3.28. The Morgan fingerprint density at radius 2 is 1.90 bits per heavy atom. The Morgan fingerprint density at radius 1 is 1.14 bits per heavy atom. The monoisotopic (exact) mass is 412 g/mol. The molecule has 1 amide bonds. The third kappa shape index (κ3) is 4.64. The van der Waals surface area contributed by atoms with Crippen LogP contribution in [0.3, 0.4) is 0 Å². The van der Waals surface area contributed by atoms with E-state index in [1.807, 2.05) is 18.2 Å². The van der Waals surface area contributed by atoms with Gasteiger partial charge in [0, 0.05) is 42.8 Å². The summed E-state index contributed by atoms with van der Waals surface area (Å²) >= 11 is 5.88. The zero-order valence-electron chi connectivity index (χ0n) is 15.8. The highest BCUT2D eigenvalue weighted by atomic mass is 35.5. The number of nitrogens with one attached hydrogen (secondary N) is 1. The number of rotatable bonds is 5. The normalized spacial score (nSPS) is 14.8. The predicted octanol–water partition coefficient (Wildman–Crippen LogP) is 2.75. The average molecular weight is 413 g/mol. The van der Waals surface area contributed by atoms with E-state index in [4.69, 9.17) is 16.3 Å². The first kappa shape index (κ1) is 19.6. The Balaban J connectivity index is 1.52. The molecule has 0 spiro atoms. The van der Waals surface area contributed by atoms with Gasteiger partial charge in [0.15, 0.2) is 11.4 Å². The second kappa shape index (κ2) is 8.73. The zero-order chi connectivity index (χ0) is 20.2. The number of benzene rings is 1. The topological polar surface area (TPSA) is 87.6 Å². The van der Waals surface area contributed by atoms with Crippen LogP contribution in [0.5, 0.6) is 5.75 Å². The molecule has 4 rings (SSSR count). The van der Waals surface area contributed by atoms with Crippen molar-refractivity contribution in [1.82, 2.24) is 20.2 Å². The summed E-state index contributed by atoms with van der Waals surface area (Å²) in [5.74, 6) is -0.606. The van der Waals surface area contributed by atoms with Gasteiger partial charge in [-0.25, -0.2) is 4.98 Å². The molecule has 1 aliphatic rings. The molecule has 0 saturated carbocycles. The first-order valence-corrected chi connectivity index (χ1v) is 9.77. The fourth-order valence-corrected chi connectivity index (χ4v) is 3.39. The molecule has 1 aromatic carbocycles. The molecule has 1 saturated heterocycles. The summed E-state index contributed by atoms with van der Waals surface area (Å²) in [6, 6.07) is 9.05. The van der Waals surface area contributed by atoms with Crippen LogP contribution in [0.4, 0.5) is 0 Å². The molecule has 1 fully saturated rings. The number of halogens is 1. The number of amides is 1. The summed E-state index contributed by atoms with van der Waals surface area (Å²) in [6.45, 7) is 4.18. The lowest BCUT2D eigenvalue weighted by Gasteiger charge is -2.26. The van der Waals surface area contributed by atoms with Crippen LogP contribution in [0, 0.1) is 0 Å². The lowest BCUT2D eigenvalue weighted by Crippen LogP contribution is -2.35. The van der Waals surface area contributed by atoms with Crippen LogP contribution in [-0.4, -0.2) is 52.2 Å². The van der Waals surface area contributed by atoms with Crippen molar-refractivity contribution in [3.63, 3.8) is 0 Å². The van der Waals surface area contributed by atoms with Crippen LogP contribution < -0.4 is 5.32 Å². The molecule has 2 N–H and O–H groups in total. The van der Waals surface area contributed by atoms with Crippen LogP contribution >= 0.6 is 11.6 Å². The van der Waals surface area contributed by atoms with Gasteiger partial charge in [0.1, 0.15) is 0 Å². The van der Waals surface area contributed by atoms with E-state index in [1.165, 1.54) is 6.20 Å². The second-order valence-electron chi connectivity index (χ2n) is 6.93. The third-order valence-corrected chi connectivity index (χ3v) is 5.11. The van der Waals surface area contributed by atoms with Crippen molar-refractivity contribution in [3.8, 4) is 5.75 Å². The molecule has 3 aromatic rings. The lowest BCUT2D eigenvalue weighted by molar-refractivity contribution is 0.0341. The van der Waals surface area contributed by atoms with Crippen LogP contribution in [0.1, 0.15) is 21.6 Å². The van der Waals surface area contributed by atoms with Crippen molar-refractivity contribution in [3.05, 3.63) is 64.6 Å². The van der Waals surface area contributed by atoms with E-state index in [2.05, 4.69) is 20.2 Å². The van der Waals surface area contributed by atoms with Crippen molar-refractivity contribution < 1.29 is 14.6 Å². The van der Waals surface area contributed by atoms with Gasteiger partial charge in [-0.1, -0.05) is 23.7 Å². The highest BCUT2D eigenvalue weighted by Crippen LogP contribution is 2.27. The third-order valence-electron chi connectivity index (χ3n) is 4.86. The van der Waals surface area contributed by atoms with Crippen LogP contribution in [0.25, 0.3) is 10.9 Å². The van der Waals surface area contributed by atoms with E-state index in [0.29, 0.717) is 42.2 Å². The van der Waals surface area contributed by atoms with E-state index in [9.17, 15) is 9.90 Å². The largest absolute Gasteiger partial charge is 0.505 e. The summed E-state index contributed by atoms with van der Waals surface area (Å²) in [5, 5.41) is 14.6. The molecule has 29 heavy (non-hydrogen) atoms. The van der Waals surface area contributed by atoms with Crippen molar-refractivity contribution >= 4 is 28.4 Å². The Bertz CT molecular complexity index is 1020. The highest BCUT2D eigenvalue weighted by molar-refractivity contribution is 6.30. The van der Waals surface area contributed by atoms with Crippen LogP contribution in [0.15, 0.2) is 42.7 Å². The maximum absolute atomic E-state index is 12.5. The molecular formula is C21H21ClN4O3. The molecule has 8 heteroatoms. The van der Waals surface area contributed by atoms with Crippen LogP contribution in [-0.2, 0) is 17.8 Å². The fourth-order valence-electron chi connectivity index (χ4n) is 3.26. The van der Waals surface area contributed by atoms with Crippen molar-refractivity contribution in [2.24, 2.45) is 0 Å². The molecular weight excluding hydrogens is 392 g/mol. The minimum Gasteiger partial charge on any atom is -0.505 e. The minimum atomic E-state index is -0.446. The SMILES string of the molecule is O=C(NCc1ccc(Cl)cc1)c1ncc2ncc(CN3CCOCC3)cc2c1O. The van der Waals surface area contributed by atoms with Gasteiger partial charge < -0.3 is 15.2 Å². The molecule has 3 heterocycles. The van der Waals surface area contributed by atoms with Gasteiger partial charge in [0.25, 0.3) is 5.91 Å². The second-order valence-corrected chi connectivity index (χ2v) is 7.37. The maximum Gasteiger partial charge on any atom is 0.274 e. The summed E-state index contributed by atoms with van der Waals surface area (Å²) in [5.41, 5.74) is 2.39. The van der Waals surface area contributed by atoms with Gasteiger partial charge >= 0.3 is 0 Å². The predicted molar refractivity (Wildman–Crippen MR) is 110 cm³/mol. The summed E-state index contributed by atoms with van der Waals surface area (Å²) < 4.78 is 5.37. The standard InChI is InChI=1S/C21H21ClN4O3/c22-16-3-1-14(2-4-16)10-25-21(28)19-20(27)17-9-15(11-23-18(17)12-24-19)13-26-5-7-29-8-6-26/h1-4,9,11-12,27H,5-8,10,13H2,(H,25,28). The molecule has 0 radical (unpaired) electrons. The number of hydrogen-bond donors (Lipinski definition) is 2. The Morgan fingerprint density at radius 3 is 2.66 bits per heavy atom. The Hall–Kier alpha value is -2.74. The van der Waals surface area contributed by atoms with E-state index in [1.54, 1.807) is 18.3 Å². The average Bonchev–Trinajstić information content (AvgIpc) is 2.74. The van der Waals surface area contributed by atoms with E-state index in [0.717, 1.165) is 24.2 Å². The lowest BCUT2D eigenvalue weighted by atomic mass is 10.1. The van der Waals surface area contributed by atoms with Gasteiger partial charge in [0.2, 0.25) is 0 Å². The number of fused-ring (bicyclic) bond motifs is 1. The number of nitrogens with zero attached hydrogens (tertiary/aromatic N) is 3. The zero-order valence-corrected chi connectivity index (χ0v) is 16.5. The number of aromatic nitrogens is 2. The number of morpholine rings is 1. The Labute approximate surface area is 173 Å². The molecule has 1 aliphatic heterocycles. The highest BCUT2D eigenvalue weighted by Gasteiger charge is 2.17. The van der Waals surface area contributed by atoms with Gasteiger partial charge in [-0.05, 0) is 29.3 Å². The van der Waals surface area contributed by atoms with Gasteiger partial charge in [-0.2, -0.15) is 0 Å². The van der Waals surface area contributed by atoms with E-state index >= 15 is 0 Å². The first-order chi connectivity index (χ1) is 14.1. The molecule has 0 bridgehead atoms. The maximum atomic E-state index is 12.5. The molecule has 0 atom stereocenters. The number of hydrogen-bond acceptors (Lipinski definition) is 6. The van der Waals surface area contributed by atoms with Crippen LogP contribution in [0.2, 0.25) is 5.02 Å². The van der Waals surface area contributed by atoms with Gasteiger partial charge in [-0.3, -0.25) is 14.7 Å². The summed E-state index contributed by atoms with van der Waals surface area (Å²) in [7, 11) is 0. The van der Waals surface area contributed by atoms with Crippen molar-refractivity contribution in [2.45, 2.75) is 13.1 Å². The molecule has 150 valence electrons. The molecule has 2 aromatic heterocycles. The molecule has 7 nitrogen and oxygen atoms in total. The van der Waals surface area contributed by atoms with Crippen molar-refractivity contribution in [1.29, 1.82) is 0 Å². The first-order valence-electron chi connectivity index (χ1n) is 9.39. The minimum absolute atomic E-state index is 0.0169. The van der Waals surface area contributed by atoms with Gasteiger partial charge in [0.05, 0.1) is 24.9 Å². The number of carbonyl (C=O) groups excluding carboxylic acids is 1.